The minimum absolute atomic E-state index is 0.667. The summed E-state index contributed by atoms with van der Waals surface area (Å²) in [6, 6.07) is 18.4. The fourth-order valence-corrected chi connectivity index (χ4v) is 2.61. The first kappa shape index (κ1) is 13.1. The Morgan fingerprint density at radius 3 is 2.35 bits per heavy atom. The van der Waals surface area contributed by atoms with Crippen LogP contribution in [0.15, 0.2) is 54.6 Å². The standard InChI is InChI=1S/C16H14BrN3/c1-12-7-5-6-10-14(12)16-19-18-15(11-17)20(16)13-8-3-2-4-9-13/h2-10H,11H2,1H3. The number of hydrogen-bond acceptors (Lipinski definition) is 2. The molecular weight excluding hydrogens is 314 g/mol. The van der Waals surface area contributed by atoms with Crippen molar-refractivity contribution < 1.29 is 0 Å². The van der Waals surface area contributed by atoms with Crippen molar-refractivity contribution in [2.75, 3.05) is 0 Å². The number of rotatable bonds is 3. The van der Waals surface area contributed by atoms with Gasteiger partial charge in [0.25, 0.3) is 0 Å². The number of para-hydroxylation sites is 1. The zero-order chi connectivity index (χ0) is 13.9. The van der Waals surface area contributed by atoms with Gasteiger partial charge in [0.05, 0.1) is 5.33 Å². The largest absolute Gasteiger partial charge is 0.278 e. The lowest BCUT2D eigenvalue weighted by molar-refractivity contribution is 0.962. The molecule has 0 radical (unpaired) electrons. The highest BCUT2D eigenvalue weighted by molar-refractivity contribution is 9.08. The molecule has 20 heavy (non-hydrogen) atoms. The van der Waals surface area contributed by atoms with Crippen LogP contribution in [0.1, 0.15) is 11.4 Å². The topological polar surface area (TPSA) is 30.7 Å². The summed E-state index contributed by atoms with van der Waals surface area (Å²) in [5.41, 5.74) is 3.37. The molecule has 1 aromatic heterocycles. The van der Waals surface area contributed by atoms with Crippen molar-refractivity contribution in [3.05, 3.63) is 66.0 Å². The molecule has 0 spiro atoms. The highest BCUT2D eigenvalue weighted by atomic mass is 79.9. The molecule has 0 saturated carbocycles. The molecule has 0 aliphatic heterocycles. The van der Waals surface area contributed by atoms with Crippen molar-refractivity contribution in [2.24, 2.45) is 0 Å². The maximum absolute atomic E-state index is 4.38. The van der Waals surface area contributed by atoms with E-state index >= 15 is 0 Å². The van der Waals surface area contributed by atoms with E-state index < -0.39 is 0 Å². The molecule has 0 atom stereocenters. The summed E-state index contributed by atoms with van der Waals surface area (Å²) in [5.74, 6) is 1.78. The van der Waals surface area contributed by atoms with Crippen LogP contribution in [0.25, 0.3) is 17.1 Å². The van der Waals surface area contributed by atoms with Crippen molar-refractivity contribution in [2.45, 2.75) is 12.3 Å². The van der Waals surface area contributed by atoms with E-state index in [-0.39, 0.29) is 0 Å². The Bertz CT molecular complexity index is 720. The van der Waals surface area contributed by atoms with Crippen LogP contribution >= 0.6 is 15.9 Å². The Morgan fingerprint density at radius 2 is 1.65 bits per heavy atom. The number of nitrogens with zero attached hydrogens (tertiary/aromatic N) is 3. The summed E-state index contributed by atoms with van der Waals surface area (Å²) in [4.78, 5) is 0. The number of halogens is 1. The molecule has 4 heteroatoms. The lowest BCUT2D eigenvalue weighted by Crippen LogP contribution is -2.02. The van der Waals surface area contributed by atoms with Crippen LogP contribution in [-0.4, -0.2) is 14.8 Å². The Hall–Kier alpha value is -1.94. The van der Waals surface area contributed by atoms with Crippen LogP contribution in [0.3, 0.4) is 0 Å². The van der Waals surface area contributed by atoms with E-state index in [4.69, 9.17) is 0 Å². The smallest absolute Gasteiger partial charge is 0.168 e. The van der Waals surface area contributed by atoms with Crippen LogP contribution in [0.5, 0.6) is 0 Å². The minimum atomic E-state index is 0.667. The van der Waals surface area contributed by atoms with Crippen molar-refractivity contribution in [1.82, 2.24) is 14.8 Å². The fraction of sp³-hybridized carbons (Fsp3) is 0.125. The predicted octanol–water partition coefficient (Wildman–Crippen LogP) is 4.14. The van der Waals surface area contributed by atoms with E-state index in [2.05, 4.69) is 61.9 Å². The monoisotopic (exact) mass is 327 g/mol. The van der Waals surface area contributed by atoms with Gasteiger partial charge in [-0.3, -0.25) is 4.57 Å². The van der Waals surface area contributed by atoms with Gasteiger partial charge in [-0.2, -0.15) is 0 Å². The van der Waals surface area contributed by atoms with Crippen LogP contribution in [-0.2, 0) is 5.33 Å². The van der Waals surface area contributed by atoms with Crippen molar-refractivity contribution >= 4 is 15.9 Å². The molecule has 0 unspecified atom stereocenters. The molecule has 100 valence electrons. The van der Waals surface area contributed by atoms with Gasteiger partial charge >= 0.3 is 0 Å². The summed E-state index contributed by atoms with van der Waals surface area (Å²) in [7, 11) is 0. The second kappa shape index (κ2) is 5.59. The average Bonchev–Trinajstić information content (AvgIpc) is 2.92. The fourth-order valence-electron chi connectivity index (χ4n) is 2.25. The van der Waals surface area contributed by atoms with Gasteiger partial charge < -0.3 is 0 Å². The number of alkyl halides is 1. The van der Waals surface area contributed by atoms with E-state index in [9.17, 15) is 0 Å². The van der Waals surface area contributed by atoms with Crippen LogP contribution in [0.2, 0.25) is 0 Å². The van der Waals surface area contributed by atoms with Gasteiger partial charge in [-0.05, 0) is 24.6 Å². The number of hydrogen-bond donors (Lipinski definition) is 0. The Balaban J connectivity index is 2.24. The lowest BCUT2D eigenvalue weighted by Gasteiger charge is -2.10. The number of benzene rings is 2. The SMILES string of the molecule is Cc1ccccc1-c1nnc(CBr)n1-c1ccccc1. The summed E-state index contributed by atoms with van der Waals surface area (Å²) < 4.78 is 2.09. The van der Waals surface area contributed by atoms with Gasteiger partial charge in [-0.15, -0.1) is 10.2 Å². The van der Waals surface area contributed by atoms with E-state index in [1.807, 2.05) is 30.3 Å². The Labute approximate surface area is 126 Å². The van der Waals surface area contributed by atoms with Gasteiger partial charge in [-0.1, -0.05) is 58.4 Å². The third kappa shape index (κ3) is 2.27. The van der Waals surface area contributed by atoms with Gasteiger partial charge in [0, 0.05) is 11.3 Å². The average molecular weight is 328 g/mol. The van der Waals surface area contributed by atoms with Crippen molar-refractivity contribution in [3.8, 4) is 17.1 Å². The zero-order valence-corrected chi connectivity index (χ0v) is 12.7. The van der Waals surface area contributed by atoms with E-state index in [1.54, 1.807) is 0 Å². The molecule has 0 saturated heterocycles. The van der Waals surface area contributed by atoms with E-state index in [0.29, 0.717) is 5.33 Å². The van der Waals surface area contributed by atoms with Crippen molar-refractivity contribution in [1.29, 1.82) is 0 Å². The maximum atomic E-state index is 4.38. The molecule has 3 aromatic rings. The van der Waals surface area contributed by atoms with Gasteiger partial charge in [0.2, 0.25) is 0 Å². The molecule has 3 rings (SSSR count). The van der Waals surface area contributed by atoms with Crippen LogP contribution in [0, 0.1) is 6.92 Å². The molecule has 0 aliphatic rings. The maximum Gasteiger partial charge on any atom is 0.168 e. The molecule has 0 fully saturated rings. The first-order valence-electron chi connectivity index (χ1n) is 6.43. The molecular formula is C16H14BrN3. The first-order chi connectivity index (χ1) is 9.81. The summed E-state index contributed by atoms with van der Waals surface area (Å²) >= 11 is 3.49. The molecule has 3 nitrogen and oxygen atoms in total. The number of aromatic nitrogens is 3. The summed E-state index contributed by atoms with van der Waals surface area (Å²) in [6.07, 6.45) is 0. The molecule has 2 aromatic carbocycles. The van der Waals surface area contributed by atoms with Gasteiger partial charge in [0.15, 0.2) is 5.82 Å². The summed E-state index contributed by atoms with van der Waals surface area (Å²) in [6.45, 7) is 2.09. The molecule has 0 bridgehead atoms. The highest BCUT2D eigenvalue weighted by Crippen LogP contribution is 2.26. The van der Waals surface area contributed by atoms with Gasteiger partial charge in [-0.25, -0.2) is 0 Å². The van der Waals surface area contributed by atoms with Crippen molar-refractivity contribution in [3.63, 3.8) is 0 Å². The molecule has 0 aliphatic carbocycles. The summed E-state index contributed by atoms with van der Waals surface area (Å²) in [5, 5.41) is 9.34. The Morgan fingerprint density at radius 1 is 0.950 bits per heavy atom. The number of aryl methyl sites for hydroxylation is 1. The minimum Gasteiger partial charge on any atom is -0.278 e. The molecule has 0 amide bonds. The van der Waals surface area contributed by atoms with E-state index in [0.717, 1.165) is 22.9 Å². The second-order valence-corrected chi connectivity index (χ2v) is 5.12. The zero-order valence-electron chi connectivity index (χ0n) is 11.1. The third-order valence-corrected chi connectivity index (χ3v) is 3.75. The predicted molar refractivity (Wildman–Crippen MR) is 84.2 cm³/mol. The van der Waals surface area contributed by atoms with Gasteiger partial charge in [0.1, 0.15) is 5.82 Å². The molecule has 1 heterocycles. The Kier molecular flexibility index (Phi) is 3.65. The van der Waals surface area contributed by atoms with E-state index in [1.165, 1.54) is 5.56 Å². The highest BCUT2D eigenvalue weighted by Gasteiger charge is 2.15. The quantitative estimate of drug-likeness (QED) is 0.677. The van der Waals surface area contributed by atoms with Crippen LogP contribution in [0.4, 0.5) is 0 Å². The second-order valence-electron chi connectivity index (χ2n) is 4.56. The third-order valence-electron chi connectivity index (χ3n) is 3.25. The first-order valence-corrected chi connectivity index (χ1v) is 7.55. The molecule has 0 N–H and O–H groups in total. The lowest BCUT2D eigenvalue weighted by atomic mass is 10.1. The normalized spacial score (nSPS) is 10.7. The van der Waals surface area contributed by atoms with Crippen LogP contribution < -0.4 is 0 Å².